The number of rotatable bonds is 5. The molecule has 1 aromatic rings. The number of hydrazine groups is 1. The van der Waals surface area contributed by atoms with E-state index in [1.54, 1.807) is 12.1 Å². The lowest BCUT2D eigenvalue weighted by Crippen LogP contribution is -2.64. The van der Waals surface area contributed by atoms with Crippen LogP contribution in [0, 0.1) is 5.82 Å². The highest BCUT2D eigenvalue weighted by molar-refractivity contribution is 7.80. The van der Waals surface area contributed by atoms with Gasteiger partial charge in [0.25, 0.3) is 0 Å². The third-order valence-electron chi connectivity index (χ3n) is 3.57. The highest BCUT2D eigenvalue weighted by Crippen LogP contribution is 2.19. The van der Waals surface area contributed by atoms with Crippen LogP contribution in [-0.4, -0.2) is 62.8 Å². The zero-order valence-corrected chi connectivity index (χ0v) is 13.4. The summed E-state index contributed by atoms with van der Waals surface area (Å²) < 4.78 is 18.1. The van der Waals surface area contributed by atoms with Crippen LogP contribution in [0.25, 0.3) is 0 Å². The number of aliphatic hydroxyl groups is 4. The number of benzene rings is 1. The average Bonchev–Trinajstić information content (AvgIpc) is 2.57. The zero-order valence-electron chi connectivity index (χ0n) is 12.6. The summed E-state index contributed by atoms with van der Waals surface area (Å²) >= 11 is 5.02. The van der Waals surface area contributed by atoms with Gasteiger partial charge in [0.05, 0.1) is 6.61 Å². The van der Waals surface area contributed by atoms with Gasteiger partial charge in [0.15, 0.2) is 11.3 Å². The van der Waals surface area contributed by atoms with Crippen molar-refractivity contribution in [3.05, 3.63) is 35.6 Å². The molecule has 24 heavy (non-hydrogen) atoms. The van der Waals surface area contributed by atoms with Gasteiger partial charge in [-0.05, 0) is 29.9 Å². The van der Waals surface area contributed by atoms with Crippen LogP contribution >= 0.6 is 12.2 Å². The second-order valence-electron chi connectivity index (χ2n) is 5.33. The molecule has 0 spiro atoms. The molecule has 10 heteroatoms. The SMILES string of the molecule is OC[C@H]1O[C@@H](NC(=S)NNCc2ccc(F)cc2)[C@H](O)[C@@H](O)[C@@H]1O. The van der Waals surface area contributed by atoms with E-state index in [2.05, 4.69) is 16.2 Å². The fourth-order valence-corrected chi connectivity index (χ4v) is 2.40. The lowest BCUT2D eigenvalue weighted by atomic mass is 9.98. The van der Waals surface area contributed by atoms with Crippen LogP contribution in [0.1, 0.15) is 5.56 Å². The minimum absolute atomic E-state index is 0.0708. The minimum atomic E-state index is -1.48. The summed E-state index contributed by atoms with van der Waals surface area (Å²) in [4.78, 5) is 0. The summed E-state index contributed by atoms with van der Waals surface area (Å²) in [5.74, 6) is -0.327. The van der Waals surface area contributed by atoms with Gasteiger partial charge >= 0.3 is 0 Å². The third kappa shape index (κ3) is 4.80. The van der Waals surface area contributed by atoms with Gasteiger partial charge in [-0.15, -0.1) is 0 Å². The van der Waals surface area contributed by atoms with Crippen molar-refractivity contribution < 1.29 is 29.6 Å². The van der Waals surface area contributed by atoms with Crippen molar-refractivity contribution in [2.75, 3.05) is 6.61 Å². The number of hydrogen-bond acceptors (Lipinski definition) is 7. The van der Waals surface area contributed by atoms with E-state index in [9.17, 15) is 19.7 Å². The number of ether oxygens (including phenoxy) is 1. The maximum Gasteiger partial charge on any atom is 0.182 e. The second kappa shape index (κ2) is 8.62. The predicted molar refractivity (Wildman–Crippen MR) is 85.9 cm³/mol. The fourth-order valence-electron chi connectivity index (χ4n) is 2.21. The van der Waals surface area contributed by atoms with E-state index in [0.717, 1.165) is 5.56 Å². The van der Waals surface area contributed by atoms with Crippen LogP contribution < -0.4 is 16.2 Å². The molecule has 1 fully saturated rings. The second-order valence-corrected chi connectivity index (χ2v) is 5.74. The zero-order chi connectivity index (χ0) is 17.7. The molecule has 5 atom stereocenters. The standard InChI is InChI=1S/C14H20FN3O5S/c15-8-3-1-7(2-4-8)5-16-18-14(24)17-13-12(22)11(21)10(20)9(6-19)23-13/h1-4,9-13,16,19-22H,5-6H2,(H2,17,18,24)/t9-,10-,11+,12-,13-/m1/s1. The van der Waals surface area contributed by atoms with Gasteiger partial charge in [-0.3, -0.25) is 5.43 Å². The van der Waals surface area contributed by atoms with E-state index < -0.39 is 37.3 Å². The largest absolute Gasteiger partial charge is 0.394 e. The van der Waals surface area contributed by atoms with Gasteiger partial charge in [-0.25, -0.2) is 9.82 Å². The van der Waals surface area contributed by atoms with Crippen LogP contribution in [0.2, 0.25) is 0 Å². The molecule has 0 aliphatic carbocycles. The highest BCUT2D eigenvalue weighted by Gasteiger charge is 2.43. The predicted octanol–water partition coefficient (Wildman–Crippen LogP) is -1.91. The molecule has 0 bridgehead atoms. The summed E-state index contributed by atoms with van der Waals surface area (Å²) in [6.45, 7) is -0.164. The number of aliphatic hydroxyl groups excluding tert-OH is 4. The van der Waals surface area contributed by atoms with E-state index in [0.29, 0.717) is 6.54 Å². The van der Waals surface area contributed by atoms with E-state index in [-0.39, 0.29) is 10.9 Å². The maximum absolute atomic E-state index is 12.8. The molecular formula is C14H20FN3O5S. The van der Waals surface area contributed by atoms with E-state index in [1.807, 2.05) is 0 Å². The highest BCUT2D eigenvalue weighted by atomic mass is 32.1. The molecule has 0 aromatic heterocycles. The number of hydrogen-bond donors (Lipinski definition) is 7. The molecule has 2 rings (SSSR count). The summed E-state index contributed by atoms with van der Waals surface area (Å²) in [6.07, 6.45) is -6.46. The topological polar surface area (TPSA) is 126 Å². The lowest BCUT2D eigenvalue weighted by Gasteiger charge is -2.40. The maximum atomic E-state index is 12.8. The molecule has 1 heterocycles. The molecule has 7 N–H and O–H groups in total. The van der Waals surface area contributed by atoms with E-state index >= 15 is 0 Å². The van der Waals surface area contributed by atoms with Crippen LogP contribution in [0.5, 0.6) is 0 Å². The number of thiocarbonyl (C=S) groups is 1. The molecular weight excluding hydrogens is 341 g/mol. The van der Waals surface area contributed by atoms with Gasteiger partial charge in [0, 0.05) is 6.54 Å². The van der Waals surface area contributed by atoms with Gasteiger partial charge in [0.2, 0.25) is 0 Å². The van der Waals surface area contributed by atoms with Gasteiger partial charge in [-0.1, -0.05) is 12.1 Å². The van der Waals surface area contributed by atoms with Crippen LogP contribution in [0.3, 0.4) is 0 Å². The van der Waals surface area contributed by atoms with Crippen LogP contribution in [-0.2, 0) is 11.3 Å². The molecule has 1 aromatic carbocycles. The molecule has 1 aliphatic heterocycles. The first-order valence-electron chi connectivity index (χ1n) is 7.26. The Morgan fingerprint density at radius 1 is 1.12 bits per heavy atom. The van der Waals surface area contributed by atoms with Crippen molar-refractivity contribution in [3.8, 4) is 0 Å². The summed E-state index contributed by atoms with van der Waals surface area (Å²) in [7, 11) is 0. The Hall–Kier alpha value is -1.40. The smallest absolute Gasteiger partial charge is 0.182 e. The summed E-state index contributed by atoms with van der Waals surface area (Å²) in [5.41, 5.74) is 6.27. The fraction of sp³-hybridized carbons (Fsp3) is 0.500. The average molecular weight is 361 g/mol. The molecule has 0 radical (unpaired) electrons. The van der Waals surface area contributed by atoms with Crippen molar-refractivity contribution in [1.29, 1.82) is 0 Å². The third-order valence-corrected chi connectivity index (χ3v) is 3.79. The molecule has 134 valence electrons. The molecule has 0 unspecified atom stereocenters. The van der Waals surface area contributed by atoms with Crippen LogP contribution in [0.15, 0.2) is 24.3 Å². The Morgan fingerprint density at radius 2 is 1.79 bits per heavy atom. The van der Waals surface area contributed by atoms with Crippen molar-refractivity contribution in [2.24, 2.45) is 0 Å². The van der Waals surface area contributed by atoms with Crippen LogP contribution in [0.4, 0.5) is 4.39 Å². The molecule has 1 aliphatic rings. The van der Waals surface area contributed by atoms with Gasteiger partial charge in [0.1, 0.15) is 30.2 Å². The Balaban J connectivity index is 1.79. The Bertz CT molecular complexity index is 548. The Kier molecular flexibility index (Phi) is 6.80. The van der Waals surface area contributed by atoms with Gasteiger partial charge in [-0.2, -0.15) is 0 Å². The molecule has 1 saturated heterocycles. The van der Waals surface area contributed by atoms with E-state index in [1.165, 1.54) is 12.1 Å². The first-order valence-corrected chi connectivity index (χ1v) is 7.67. The van der Waals surface area contributed by atoms with Crippen molar-refractivity contribution >= 4 is 17.3 Å². The Morgan fingerprint density at radius 3 is 2.42 bits per heavy atom. The monoisotopic (exact) mass is 361 g/mol. The quantitative estimate of drug-likeness (QED) is 0.238. The first kappa shape index (κ1) is 18.9. The number of halogens is 1. The normalized spacial score (nSPS) is 30.0. The molecule has 0 saturated carbocycles. The van der Waals surface area contributed by atoms with E-state index in [4.69, 9.17) is 22.1 Å². The molecule has 8 nitrogen and oxygen atoms in total. The van der Waals surface area contributed by atoms with Gasteiger partial charge < -0.3 is 30.5 Å². The van der Waals surface area contributed by atoms with Crippen molar-refractivity contribution in [1.82, 2.24) is 16.2 Å². The molecule has 0 amide bonds. The summed E-state index contributed by atoms with van der Waals surface area (Å²) in [6, 6.07) is 5.89. The first-order chi connectivity index (χ1) is 11.4. The Labute approximate surface area is 143 Å². The minimum Gasteiger partial charge on any atom is -0.394 e. The summed E-state index contributed by atoms with van der Waals surface area (Å²) in [5, 5.41) is 41.1. The van der Waals surface area contributed by atoms with Crippen molar-refractivity contribution in [3.63, 3.8) is 0 Å². The number of nitrogens with one attached hydrogen (secondary N) is 3. The van der Waals surface area contributed by atoms with Crippen molar-refractivity contribution in [2.45, 2.75) is 37.2 Å². The lowest BCUT2D eigenvalue weighted by molar-refractivity contribution is -0.232.